The van der Waals surface area contributed by atoms with Gasteiger partial charge in [-0.25, -0.2) is 4.68 Å². The second-order valence-corrected chi connectivity index (χ2v) is 9.59. The van der Waals surface area contributed by atoms with E-state index in [-0.39, 0.29) is 23.2 Å². The molecule has 2 aromatic heterocycles. The molecule has 0 spiro atoms. The van der Waals surface area contributed by atoms with E-state index in [2.05, 4.69) is 20.6 Å². The van der Waals surface area contributed by atoms with Crippen LogP contribution in [0.5, 0.6) is 0 Å². The van der Waals surface area contributed by atoms with Crippen LogP contribution in [0.25, 0.3) is 10.8 Å². The van der Waals surface area contributed by atoms with Crippen LogP contribution in [0.1, 0.15) is 62.4 Å². The van der Waals surface area contributed by atoms with Crippen molar-refractivity contribution in [2.24, 2.45) is 0 Å². The Bertz CT molecular complexity index is 1360. The van der Waals surface area contributed by atoms with Gasteiger partial charge in [0, 0.05) is 10.8 Å². The number of benzene rings is 2. The predicted octanol–water partition coefficient (Wildman–Crippen LogP) is 3.79. The molecule has 0 radical (unpaired) electrons. The first kappa shape index (κ1) is 22.4. The molecule has 0 atom stereocenters. The van der Waals surface area contributed by atoms with Crippen LogP contribution in [0, 0.1) is 0 Å². The van der Waals surface area contributed by atoms with Crippen LogP contribution in [0.4, 0.5) is 0 Å². The lowest BCUT2D eigenvalue weighted by Crippen LogP contribution is -2.43. The predicted molar refractivity (Wildman–Crippen MR) is 125 cm³/mol. The molecule has 170 valence electrons. The lowest BCUT2D eigenvalue weighted by Gasteiger charge is -2.23. The van der Waals surface area contributed by atoms with E-state index in [9.17, 15) is 9.59 Å². The highest BCUT2D eigenvalue weighted by atomic mass is 16.5. The van der Waals surface area contributed by atoms with Crippen molar-refractivity contribution in [3.05, 3.63) is 87.9 Å². The van der Waals surface area contributed by atoms with Crippen molar-refractivity contribution in [2.75, 3.05) is 0 Å². The molecule has 0 unspecified atom stereocenters. The highest BCUT2D eigenvalue weighted by molar-refractivity contribution is 6.05. The Morgan fingerprint density at radius 2 is 1.61 bits per heavy atom. The van der Waals surface area contributed by atoms with Crippen molar-refractivity contribution in [1.82, 2.24) is 25.2 Å². The van der Waals surface area contributed by atoms with E-state index < -0.39 is 11.4 Å². The fourth-order valence-corrected chi connectivity index (χ4v) is 3.45. The number of hydrogen-bond acceptors (Lipinski definition) is 6. The van der Waals surface area contributed by atoms with Gasteiger partial charge in [0.15, 0.2) is 11.5 Å². The number of carbonyl (C=O) groups is 1. The molecule has 8 heteroatoms. The average Bonchev–Trinajstić information content (AvgIpc) is 3.28. The van der Waals surface area contributed by atoms with Crippen LogP contribution < -0.4 is 10.9 Å². The zero-order valence-corrected chi connectivity index (χ0v) is 19.4. The molecule has 0 fully saturated rings. The summed E-state index contributed by atoms with van der Waals surface area (Å²) in [6.07, 6.45) is 0. The molecule has 0 aliphatic carbocycles. The van der Waals surface area contributed by atoms with Crippen LogP contribution in [0.3, 0.4) is 0 Å². The monoisotopic (exact) mass is 445 g/mol. The van der Waals surface area contributed by atoms with Gasteiger partial charge in [0.2, 0.25) is 5.89 Å². The summed E-state index contributed by atoms with van der Waals surface area (Å²) >= 11 is 0. The maximum atomic E-state index is 13.4. The third kappa shape index (κ3) is 4.55. The topological polar surface area (TPSA) is 103 Å². The summed E-state index contributed by atoms with van der Waals surface area (Å²) in [6, 6.07) is 16.5. The van der Waals surface area contributed by atoms with Crippen molar-refractivity contribution >= 4 is 16.7 Å². The molecule has 2 aromatic carbocycles. The molecule has 33 heavy (non-hydrogen) atoms. The number of fused-ring (bicyclic) bond motifs is 1. The summed E-state index contributed by atoms with van der Waals surface area (Å²) < 4.78 is 6.73. The number of rotatable bonds is 5. The van der Waals surface area contributed by atoms with Crippen LogP contribution in [-0.2, 0) is 17.5 Å². The van der Waals surface area contributed by atoms with Gasteiger partial charge in [-0.1, -0.05) is 74.5 Å². The molecule has 0 aliphatic rings. The Hall–Kier alpha value is -3.81. The van der Waals surface area contributed by atoms with E-state index in [1.54, 1.807) is 38.1 Å². The highest BCUT2D eigenvalue weighted by Gasteiger charge is 2.32. The molecular formula is C25H27N5O3. The van der Waals surface area contributed by atoms with Gasteiger partial charge in [0.25, 0.3) is 11.5 Å². The van der Waals surface area contributed by atoms with Crippen LogP contribution in [-0.4, -0.2) is 25.8 Å². The van der Waals surface area contributed by atoms with E-state index in [4.69, 9.17) is 4.52 Å². The maximum Gasteiger partial charge on any atom is 0.274 e. The smallest absolute Gasteiger partial charge is 0.274 e. The highest BCUT2D eigenvalue weighted by Crippen LogP contribution is 2.24. The summed E-state index contributed by atoms with van der Waals surface area (Å²) in [7, 11) is 0. The van der Waals surface area contributed by atoms with Gasteiger partial charge in [-0.2, -0.15) is 10.1 Å². The lowest BCUT2D eigenvalue weighted by molar-refractivity contribution is 0.0901. The third-order valence-electron chi connectivity index (χ3n) is 5.31. The van der Waals surface area contributed by atoms with Crippen molar-refractivity contribution in [3.8, 4) is 0 Å². The number of nitrogens with one attached hydrogen (secondary N) is 1. The Morgan fingerprint density at radius 1 is 0.970 bits per heavy atom. The lowest BCUT2D eigenvalue weighted by atomic mass is 9.97. The molecule has 4 aromatic rings. The van der Waals surface area contributed by atoms with Crippen LogP contribution in [0.15, 0.2) is 63.9 Å². The largest absolute Gasteiger partial charge is 0.339 e. The second-order valence-electron chi connectivity index (χ2n) is 9.59. The molecule has 0 saturated heterocycles. The molecule has 2 heterocycles. The quantitative estimate of drug-likeness (QED) is 0.501. The number of nitrogens with zero attached hydrogens (tertiary/aromatic N) is 4. The zero-order valence-electron chi connectivity index (χ0n) is 19.4. The normalized spacial score (nSPS) is 12.2. The number of hydrogen-bond donors (Lipinski definition) is 1. The molecule has 1 amide bonds. The Kier molecular flexibility index (Phi) is 5.61. The minimum atomic E-state index is -0.923. The van der Waals surface area contributed by atoms with Gasteiger partial charge in [-0.05, 0) is 25.5 Å². The minimum Gasteiger partial charge on any atom is -0.339 e. The fraction of sp³-hybridized carbons (Fsp3) is 0.320. The van der Waals surface area contributed by atoms with E-state index in [0.717, 1.165) is 5.56 Å². The van der Waals surface area contributed by atoms with Gasteiger partial charge >= 0.3 is 0 Å². The Labute approximate surface area is 191 Å². The number of carbonyl (C=O) groups excluding carboxylic acids is 1. The van der Waals surface area contributed by atoms with Crippen molar-refractivity contribution in [2.45, 2.75) is 52.1 Å². The molecule has 8 nitrogen and oxygen atoms in total. The molecule has 0 saturated carbocycles. The van der Waals surface area contributed by atoms with Gasteiger partial charge < -0.3 is 9.84 Å². The molecule has 4 rings (SSSR count). The molecule has 1 N–H and O–H groups in total. The molecular weight excluding hydrogens is 418 g/mol. The summed E-state index contributed by atoms with van der Waals surface area (Å²) in [6.45, 7) is 9.77. The van der Waals surface area contributed by atoms with Gasteiger partial charge in [-0.15, -0.1) is 0 Å². The second kappa shape index (κ2) is 8.27. The summed E-state index contributed by atoms with van der Waals surface area (Å²) in [5.41, 5.74) is -0.411. The first-order valence-electron chi connectivity index (χ1n) is 10.8. The van der Waals surface area contributed by atoms with Crippen molar-refractivity contribution in [1.29, 1.82) is 0 Å². The molecule has 0 bridgehead atoms. The van der Waals surface area contributed by atoms with Gasteiger partial charge in [-0.3, -0.25) is 9.59 Å². The standard InChI is InChI=1S/C25H27N5O3/c1-24(2,3)23-26-22(29-33-23)25(4,5)27-20(31)19-17-13-9-10-14-18(17)21(32)30(28-19)15-16-11-7-6-8-12-16/h6-14H,15H2,1-5H3,(H,27,31). The van der Waals surface area contributed by atoms with E-state index >= 15 is 0 Å². The van der Waals surface area contributed by atoms with Crippen LogP contribution in [0.2, 0.25) is 0 Å². The van der Waals surface area contributed by atoms with E-state index in [1.807, 2.05) is 51.1 Å². The van der Waals surface area contributed by atoms with Crippen molar-refractivity contribution < 1.29 is 9.32 Å². The number of aromatic nitrogens is 4. The fourth-order valence-electron chi connectivity index (χ4n) is 3.45. The summed E-state index contributed by atoms with van der Waals surface area (Å²) in [4.78, 5) is 30.9. The van der Waals surface area contributed by atoms with Crippen LogP contribution >= 0.6 is 0 Å². The SMILES string of the molecule is CC(C)(C)c1nc(C(C)(C)NC(=O)c2nn(Cc3ccccc3)c(=O)c3ccccc23)no1. The van der Waals surface area contributed by atoms with Gasteiger partial charge in [0.1, 0.15) is 0 Å². The first-order valence-corrected chi connectivity index (χ1v) is 10.8. The Morgan fingerprint density at radius 3 is 2.24 bits per heavy atom. The summed E-state index contributed by atoms with van der Waals surface area (Å²) in [5.74, 6) is 0.419. The zero-order chi connectivity index (χ0) is 23.8. The first-order chi connectivity index (χ1) is 15.6. The summed E-state index contributed by atoms with van der Waals surface area (Å²) in [5, 5.41) is 12.4. The number of amides is 1. The maximum absolute atomic E-state index is 13.4. The molecule has 0 aliphatic heterocycles. The van der Waals surface area contributed by atoms with E-state index in [1.165, 1.54) is 4.68 Å². The third-order valence-corrected chi connectivity index (χ3v) is 5.31. The van der Waals surface area contributed by atoms with E-state index in [0.29, 0.717) is 22.5 Å². The van der Waals surface area contributed by atoms with Gasteiger partial charge in [0.05, 0.1) is 17.5 Å². The minimum absolute atomic E-state index is 0.161. The average molecular weight is 446 g/mol. The van der Waals surface area contributed by atoms with Crippen molar-refractivity contribution in [3.63, 3.8) is 0 Å². The Balaban J connectivity index is 1.72.